The van der Waals surface area contributed by atoms with Crippen LogP contribution in [0.25, 0.3) is 11.2 Å². The highest BCUT2D eigenvalue weighted by atomic mass is 79.9. The first-order valence-corrected chi connectivity index (χ1v) is 6.96. The Morgan fingerprint density at radius 3 is 3.26 bits per heavy atom. The number of carbonyl (C=O) groups excluding carboxylic acids is 1. The average Bonchev–Trinajstić information content (AvgIpc) is 2.95. The number of pyridine rings is 1. The third-order valence-electron chi connectivity index (χ3n) is 3.40. The van der Waals surface area contributed by atoms with E-state index < -0.39 is 0 Å². The maximum Gasteiger partial charge on any atom is 0.234 e. The van der Waals surface area contributed by atoms with Crippen molar-refractivity contribution in [1.82, 2.24) is 19.9 Å². The van der Waals surface area contributed by atoms with E-state index in [4.69, 9.17) is 5.73 Å². The van der Waals surface area contributed by atoms with Crippen molar-refractivity contribution in [3.63, 3.8) is 0 Å². The molecule has 1 aliphatic heterocycles. The molecule has 0 bridgehead atoms. The summed E-state index contributed by atoms with van der Waals surface area (Å²) in [5.74, 6) is 0.559. The molecule has 2 aromatic heterocycles. The number of aromatic amines is 1. The van der Waals surface area contributed by atoms with Gasteiger partial charge in [-0.25, -0.2) is 9.97 Å². The maximum atomic E-state index is 11.4. The van der Waals surface area contributed by atoms with Gasteiger partial charge in [0.25, 0.3) is 0 Å². The molecule has 0 unspecified atom stereocenters. The van der Waals surface area contributed by atoms with E-state index in [1.807, 2.05) is 6.07 Å². The smallest absolute Gasteiger partial charge is 0.234 e. The molecule has 1 fully saturated rings. The van der Waals surface area contributed by atoms with E-state index >= 15 is 0 Å². The average molecular weight is 324 g/mol. The number of fused-ring (bicyclic) bond motifs is 1. The molecule has 1 saturated heterocycles. The topological polar surface area (TPSA) is 87.9 Å². The Labute approximate surface area is 118 Å². The molecule has 6 nitrogen and oxygen atoms in total. The van der Waals surface area contributed by atoms with Gasteiger partial charge < -0.3 is 10.7 Å². The molecule has 1 amide bonds. The number of carbonyl (C=O) groups is 1. The molecule has 19 heavy (non-hydrogen) atoms. The number of primary amides is 1. The summed E-state index contributed by atoms with van der Waals surface area (Å²) in [5.41, 5.74) is 6.98. The van der Waals surface area contributed by atoms with E-state index in [0.717, 1.165) is 35.2 Å². The van der Waals surface area contributed by atoms with Gasteiger partial charge in [0.05, 0.1) is 18.1 Å². The van der Waals surface area contributed by atoms with Crippen molar-refractivity contribution >= 4 is 33.0 Å². The zero-order chi connectivity index (χ0) is 13.4. The van der Waals surface area contributed by atoms with Gasteiger partial charge in [-0.2, -0.15) is 0 Å². The Morgan fingerprint density at radius 1 is 1.63 bits per heavy atom. The van der Waals surface area contributed by atoms with Gasteiger partial charge in [-0.15, -0.1) is 0 Å². The van der Waals surface area contributed by atoms with Crippen molar-refractivity contribution in [2.24, 2.45) is 5.73 Å². The van der Waals surface area contributed by atoms with E-state index in [1.165, 1.54) is 0 Å². The first kappa shape index (κ1) is 12.6. The van der Waals surface area contributed by atoms with E-state index in [0.29, 0.717) is 12.2 Å². The second-order valence-corrected chi connectivity index (χ2v) is 5.65. The minimum atomic E-state index is -0.255. The fourth-order valence-corrected chi connectivity index (χ4v) is 2.86. The van der Waals surface area contributed by atoms with E-state index in [2.05, 4.69) is 35.8 Å². The minimum Gasteiger partial charge on any atom is -0.368 e. The summed E-state index contributed by atoms with van der Waals surface area (Å²) in [6.07, 6.45) is 3.55. The van der Waals surface area contributed by atoms with E-state index in [-0.39, 0.29) is 11.9 Å². The predicted octanol–water partition coefficient (Wildman–Crippen LogP) is 1.17. The number of hydrogen-bond acceptors (Lipinski definition) is 4. The van der Waals surface area contributed by atoms with Crippen LogP contribution in [0.5, 0.6) is 0 Å². The number of halogens is 1. The highest BCUT2D eigenvalue weighted by Gasteiger charge is 2.29. The quantitative estimate of drug-likeness (QED) is 0.887. The van der Waals surface area contributed by atoms with Gasteiger partial charge in [-0.1, -0.05) is 0 Å². The second-order valence-electron chi connectivity index (χ2n) is 4.74. The lowest BCUT2D eigenvalue weighted by Crippen LogP contribution is -2.39. The van der Waals surface area contributed by atoms with Crippen molar-refractivity contribution in [2.75, 3.05) is 6.54 Å². The number of H-pyrrole nitrogens is 1. The molecule has 0 radical (unpaired) electrons. The molecule has 3 heterocycles. The lowest BCUT2D eigenvalue weighted by molar-refractivity contribution is -0.122. The molecule has 0 aromatic carbocycles. The highest BCUT2D eigenvalue weighted by molar-refractivity contribution is 9.10. The van der Waals surface area contributed by atoms with E-state index in [9.17, 15) is 4.79 Å². The molecule has 2 aromatic rings. The second kappa shape index (κ2) is 4.90. The van der Waals surface area contributed by atoms with Crippen LogP contribution in [0.2, 0.25) is 0 Å². The van der Waals surface area contributed by atoms with E-state index in [1.54, 1.807) is 6.20 Å². The summed E-state index contributed by atoms with van der Waals surface area (Å²) in [5, 5.41) is 0. The standard InChI is InChI=1S/C12H14BrN5O/c13-7-4-8-12(15-5-7)17-10(16-8)6-18-3-1-2-9(18)11(14)19/h4-5,9H,1-3,6H2,(H2,14,19)(H,15,16,17)/t9-/m1/s1. The lowest BCUT2D eigenvalue weighted by Gasteiger charge is -2.20. The molecular weight excluding hydrogens is 310 g/mol. The molecule has 7 heteroatoms. The summed E-state index contributed by atoms with van der Waals surface area (Å²) >= 11 is 3.38. The number of rotatable bonds is 3. The maximum absolute atomic E-state index is 11.4. The van der Waals surface area contributed by atoms with Crippen molar-refractivity contribution in [3.05, 3.63) is 22.6 Å². The first-order chi connectivity index (χ1) is 9.13. The fourth-order valence-electron chi connectivity index (χ4n) is 2.53. The number of likely N-dealkylation sites (tertiary alicyclic amines) is 1. The van der Waals surface area contributed by atoms with Crippen LogP contribution in [-0.4, -0.2) is 38.3 Å². The first-order valence-electron chi connectivity index (χ1n) is 6.17. The highest BCUT2D eigenvalue weighted by Crippen LogP contribution is 2.20. The summed E-state index contributed by atoms with van der Waals surface area (Å²) in [4.78, 5) is 25.3. The van der Waals surface area contributed by atoms with Gasteiger partial charge in [-0.3, -0.25) is 9.69 Å². The van der Waals surface area contributed by atoms with Crippen LogP contribution in [0, 0.1) is 0 Å². The third-order valence-corrected chi connectivity index (χ3v) is 3.83. The zero-order valence-corrected chi connectivity index (χ0v) is 11.9. The van der Waals surface area contributed by atoms with Crippen molar-refractivity contribution in [3.8, 4) is 0 Å². The Balaban J connectivity index is 1.83. The largest absolute Gasteiger partial charge is 0.368 e. The minimum absolute atomic E-state index is 0.173. The number of nitrogens with zero attached hydrogens (tertiary/aromatic N) is 3. The molecule has 0 spiro atoms. The number of nitrogens with one attached hydrogen (secondary N) is 1. The summed E-state index contributed by atoms with van der Waals surface area (Å²) in [6.45, 7) is 1.48. The molecular formula is C12H14BrN5O. The third kappa shape index (κ3) is 2.48. The van der Waals surface area contributed by atoms with Crippen LogP contribution in [0.15, 0.2) is 16.7 Å². The molecule has 1 atom stereocenters. The van der Waals surface area contributed by atoms with Crippen LogP contribution in [0.4, 0.5) is 0 Å². The van der Waals surface area contributed by atoms with Gasteiger partial charge in [0.2, 0.25) is 5.91 Å². The number of imidazole rings is 1. The number of nitrogens with two attached hydrogens (primary N) is 1. The van der Waals surface area contributed by atoms with Crippen molar-refractivity contribution < 1.29 is 4.79 Å². The van der Waals surface area contributed by atoms with Gasteiger partial charge in [0.15, 0.2) is 5.65 Å². The summed E-state index contributed by atoms with van der Waals surface area (Å²) < 4.78 is 0.909. The Morgan fingerprint density at radius 2 is 2.47 bits per heavy atom. The van der Waals surface area contributed by atoms with Crippen LogP contribution in [0.1, 0.15) is 18.7 Å². The molecule has 3 rings (SSSR count). The molecule has 1 aliphatic rings. The lowest BCUT2D eigenvalue weighted by atomic mass is 10.2. The van der Waals surface area contributed by atoms with Crippen LogP contribution in [0.3, 0.4) is 0 Å². The van der Waals surface area contributed by atoms with Gasteiger partial charge in [0.1, 0.15) is 5.82 Å². The normalized spacial score (nSPS) is 20.2. The Bertz CT molecular complexity index is 626. The molecule has 0 saturated carbocycles. The summed E-state index contributed by atoms with van der Waals surface area (Å²) in [6, 6.07) is 1.77. The molecule has 3 N–H and O–H groups in total. The van der Waals surface area contributed by atoms with Crippen LogP contribution < -0.4 is 5.73 Å². The summed E-state index contributed by atoms with van der Waals surface area (Å²) in [7, 11) is 0. The number of hydrogen-bond donors (Lipinski definition) is 2. The Kier molecular flexibility index (Phi) is 3.24. The molecule has 0 aliphatic carbocycles. The van der Waals surface area contributed by atoms with Gasteiger partial charge >= 0.3 is 0 Å². The van der Waals surface area contributed by atoms with Crippen molar-refractivity contribution in [1.29, 1.82) is 0 Å². The van der Waals surface area contributed by atoms with Crippen LogP contribution in [-0.2, 0) is 11.3 Å². The zero-order valence-electron chi connectivity index (χ0n) is 10.3. The SMILES string of the molecule is NC(=O)[C@H]1CCCN1Cc1nc2ncc(Br)cc2[nH]1. The van der Waals surface area contributed by atoms with Gasteiger partial charge in [0, 0.05) is 10.7 Å². The number of aromatic nitrogens is 3. The fraction of sp³-hybridized carbons (Fsp3) is 0.417. The molecule has 100 valence electrons. The Hall–Kier alpha value is -1.47. The van der Waals surface area contributed by atoms with Gasteiger partial charge in [-0.05, 0) is 41.4 Å². The van der Waals surface area contributed by atoms with Crippen LogP contribution >= 0.6 is 15.9 Å². The van der Waals surface area contributed by atoms with Crippen molar-refractivity contribution in [2.45, 2.75) is 25.4 Å². The predicted molar refractivity (Wildman–Crippen MR) is 74.2 cm³/mol. The number of amides is 1. The monoisotopic (exact) mass is 323 g/mol.